The van der Waals surface area contributed by atoms with E-state index in [1.165, 1.54) is 0 Å². The van der Waals surface area contributed by atoms with Crippen LogP contribution in [0.25, 0.3) is 11.3 Å². The predicted octanol–water partition coefficient (Wildman–Crippen LogP) is 2.07. The van der Waals surface area contributed by atoms with Crippen LogP contribution >= 0.6 is 0 Å². The van der Waals surface area contributed by atoms with Crippen LogP contribution in [0.2, 0.25) is 0 Å². The van der Waals surface area contributed by atoms with Gasteiger partial charge >= 0.3 is 0 Å². The fourth-order valence-electron chi connectivity index (χ4n) is 2.88. The SMILES string of the molecule is COc1cccc(-c2cnnc(NCC(C)(C)N3CCOCC3)n2)c1. The first-order chi connectivity index (χ1) is 12.1. The highest BCUT2D eigenvalue weighted by Gasteiger charge is 2.28. The van der Waals surface area contributed by atoms with Crippen LogP contribution < -0.4 is 10.1 Å². The molecule has 1 aromatic heterocycles. The molecule has 0 spiro atoms. The lowest BCUT2D eigenvalue weighted by Gasteiger charge is -2.40. The maximum Gasteiger partial charge on any atom is 0.243 e. The van der Waals surface area contributed by atoms with Crippen molar-refractivity contribution in [2.45, 2.75) is 19.4 Å². The van der Waals surface area contributed by atoms with Crippen molar-refractivity contribution in [1.29, 1.82) is 0 Å². The molecule has 0 bridgehead atoms. The average molecular weight is 343 g/mol. The molecule has 1 aliphatic rings. The summed E-state index contributed by atoms with van der Waals surface area (Å²) in [5, 5.41) is 11.5. The minimum absolute atomic E-state index is 0.0148. The van der Waals surface area contributed by atoms with Crippen LogP contribution in [0.3, 0.4) is 0 Å². The van der Waals surface area contributed by atoms with Gasteiger partial charge in [-0.1, -0.05) is 12.1 Å². The van der Waals surface area contributed by atoms with E-state index in [1.54, 1.807) is 13.3 Å². The van der Waals surface area contributed by atoms with Crippen molar-refractivity contribution in [3.05, 3.63) is 30.5 Å². The van der Waals surface area contributed by atoms with Crippen LogP contribution in [0.1, 0.15) is 13.8 Å². The first-order valence-corrected chi connectivity index (χ1v) is 8.49. The molecule has 2 heterocycles. The Balaban J connectivity index is 1.69. The van der Waals surface area contributed by atoms with Gasteiger partial charge in [0.05, 0.1) is 32.2 Å². The van der Waals surface area contributed by atoms with Gasteiger partial charge in [-0.05, 0) is 26.0 Å². The fraction of sp³-hybridized carbons (Fsp3) is 0.500. The maximum atomic E-state index is 5.43. The number of rotatable bonds is 6. The number of hydrogen-bond donors (Lipinski definition) is 1. The van der Waals surface area contributed by atoms with Crippen molar-refractivity contribution in [1.82, 2.24) is 20.1 Å². The Kier molecular flexibility index (Phi) is 5.45. The molecule has 7 nitrogen and oxygen atoms in total. The summed E-state index contributed by atoms with van der Waals surface area (Å²) >= 11 is 0. The lowest BCUT2D eigenvalue weighted by atomic mass is 10.0. The number of nitrogens with one attached hydrogen (secondary N) is 1. The van der Waals surface area contributed by atoms with E-state index in [2.05, 4.69) is 39.2 Å². The van der Waals surface area contributed by atoms with Gasteiger partial charge < -0.3 is 14.8 Å². The summed E-state index contributed by atoms with van der Waals surface area (Å²) in [7, 11) is 1.65. The Morgan fingerprint density at radius 2 is 2.08 bits per heavy atom. The molecule has 0 amide bonds. The van der Waals surface area contributed by atoms with Crippen LogP contribution in [-0.2, 0) is 4.74 Å². The van der Waals surface area contributed by atoms with Crippen molar-refractivity contribution in [3.8, 4) is 17.0 Å². The molecule has 1 aromatic carbocycles. The normalized spacial score (nSPS) is 15.8. The zero-order valence-electron chi connectivity index (χ0n) is 15.0. The Morgan fingerprint density at radius 1 is 1.28 bits per heavy atom. The van der Waals surface area contributed by atoms with E-state index in [0.29, 0.717) is 5.95 Å². The third-order valence-electron chi connectivity index (χ3n) is 4.47. The molecular formula is C18H25N5O2. The second-order valence-corrected chi connectivity index (χ2v) is 6.66. The van der Waals surface area contributed by atoms with Gasteiger partial charge in [0.25, 0.3) is 0 Å². The summed E-state index contributed by atoms with van der Waals surface area (Å²) in [4.78, 5) is 7.00. The summed E-state index contributed by atoms with van der Waals surface area (Å²) in [6, 6.07) is 7.76. The molecule has 1 aliphatic heterocycles. The lowest BCUT2D eigenvalue weighted by Crippen LogP contribution is -2.53. The molecule has 0 unspecified atom stereocenters. The van der Waals surface area contributed by atoms with Gasteiger partial charge in [0.1, 0.15) is 5.75 Å². The molecule has 25 heavy (non-hydrogen) atoms. The van der Waals surface area contributed by atoms with E-state index in [-0.39, 0.29) is 5.54 Å². The minimum Gasteiger partial charge on any atom is -0.497 e. The summed E-state index contributed by atoms with van der Waals surface area (Å²) in [5.41, 5.74) is 1.70. The third kappa shape index (κ3) is 4.43. The summed E-state index contributed by atoms with van der Waals surface area (Å²) in [6.45, 7) is 8.61. The molecule has 134 valence electrons. The molecule has 7 heteroatoms. The number of hydrogen-bond acceptors (Lipinski definition) is 7. The van der Waals surface area contributed by atoms with Gasteiger partial charge in [-0.3, -0.25) is 4.90 Å². The van der Waals surface area contributed by atoms with Crippen LogP contribution in [0.4, 0.5) is 5.95 Å². The standard InChI is InChI=1S/C18H25N5O2/c1-18(2,23-7-9-25-10-8-23)13-19-17-21-16(12-20-22-17)14-5-4-6-15(11-14)24-3/h4-6,11-12H,7-10,13H2,1-3H3,(H,19,21,22). The Hall–Kier alpha value is -2.25. The van der Waals surface area contributed by atoms with Gasteiger partial charge in [-0.15, -0.1) is 5.10 Å². The number of nitrogens with zero attached hydrogens (tertiary/aromatic N) is 4. The quantitative estimate of drug-likeness (QED) is 0.861. The molecular weight excluding hydrogens is 318 g/mol. The first-order valence-electron chi connectivity index (χ1n) is 8.49. The summed E-state index contributed by atoms with van der Waals surface area (Å²) in [6.07, 6.45) is 1.66. The van der Waals surface area contributed by atoms with Crippen molar-refractivity contribution in [2.24, 2.45) is 0 Å². The highest BCUT2D eigenvalue weighted by molar-refractivity contribution is 5.61. The van der Waals surface area contributed by atoms with Gasteiger partial charge in [0, 0.05) is 30.7 Å². The summed E-state index contributed by atoms with van der Waals surface area (Å²) < 4.78 is 10.7. The second kappa shape index (κ2) is 7.76. The van der Waals surface area contributed by atoms with Gasteiger partial charge in [-0.2, -0.15) is 5.10 Å². The zero-order valence-corrected chi connectivity index (χ0v) is 15.0. The number of morpholine rings is 1. The Labute approximate surface area is 148 Å². The van der Waals surface area contributed by atoms with E-state index >= 15 is 0 Å². The molecule has 2 aromatic rings. The Bertz CT molecular complexity index is 701. The molecule has 0 radical (unpaired) electrons. The number of aromatic nitrogens is 3. The third-order valence-corrected chi connectivity index (χ3v) is 4.47. The van der Waals surface area contributed by atoms with Gasteiger partial charge in [0.15, 0.2) is 0 Å². The highest BCUT2D eigenvalue weighted by atomic mass is 16.5. The molecule has 1 fully saturated rings. The van der Waals surface area contributed by atoms with E-state index in [0.717, 1.165) is 49.9 Å². The van der Waals surface area contributed by atoms with E-state index in [9.17, 15) is 0 Å². The van der Waals surface area contributed by atoms with Crippen molar-refractivity contribution >= 4 is 5.95 Å². The number of ether oxygens (including phenoxy) is 2. The Morgan fingerprint density at radius 3 is 2.84 bits per heavy atom. The van der Waals surface area contributed by atoms with E-state index in [1.807, 2.05) is 24.3 Å². The molecule has 0 atom stereocenters. The molecule has 1 N–H and O–H groups in total. The van der Waals surface area contributed by atoms with Crippen LogP contribution in [0, 0.1) is 0 Å². The molecule has 0 saturated carbocycles. The maximum absolute atomic E-state index is 5.43. The highest BCUT2D eigenvalue weighted by Crippen LogP contribution is 2.22. The largest absolute Gasteiger partial charge is 0.497 e. The average Bonchev–Trinajstić information content (AvgIpc) is 2.67. The van der Waals surface area contributed by atoms with E-state index < -0.39 is 0 Å². The topological polar surface area (TPSA) is 72.4 Å². The zero-order chi connectivity index (χ0) is 17.7. The predicted molar refractivity (Wildman–Crippen MR) is 96.8 cm³/mol. The lowest BCUT2D eigenvalue weighted by molar-refractivity contribution is -0.00573. The number of anilines is 1. The monoisotopic (exact) mass is 343 g/mol. The molecule has 1 saturated heterocycles. The second-order valence-electron chi connectivity index (χ2n) is 6.66. The van der Waals surface area contributed by atoms with Crippen molar-refractivity contribution in [2.75, 3.05) is 45.3 Å². The fourth-order valence-corrected chi connectivity index (χ4v) is 2.88. The van der Waals surface area contributed by atoms with Gasteiger partial charge in [-0.25, -0.2) is 4.98 Å². The molecule has 3 rings (SSSR count). The van der Waals surface area contributed by atoms with Crippen LogP contribution in [-0.4, -0.2) is 65.6 Å². The van der Waals surface area contributed by atoms with Crippen LogP contribution in [0.15, 0.2) is 30.5 Å². The van der Waals surface area contributed by atoms with E-state index in [4.69, 9.17) is 9.47 Å². The van der Waals surface area contributed by atoms with Crippen molar-refractivity contribution in [3.63, 3.8) is 0 Å². The number of benzene rings is 1. The smallest absolute Gasteiger partial charge is 0.243 e. The molecule has 0 aliphatic carbocycles. The van der Waals surface area contributed by atoms with Crippen molar-refractivity contribution < 1.29 is 9.47 Å². The van der Waals surface area contributed by atoms with Gasteiger partial charge in [0.2, 0.25) is 5.95 Å². The van der Waals surface area contributed by atoms with Crippen LogP contribution in [0.5, 0.6) is 5.75 Å². The minimum atomic E-state index is -0.0148. The summed E-state index contributed by atoms with van der Waals surface area (Å²) in [5.74, 6) is 1.32. The first kappa shape index (κ1) is 17.6. The number of methoxy groups -OCH3 is 1.